The quantitative estimate of drug-likeness (QED) is 0.733. The molecule has 0 aromatic heterocycles. The van der Waals surface area contributed by atoms with E-state index >= 15 is 0 Å². The van der Waals surface area contributed by atoms with E-state index in [1.54, 1.807) is 27.8 Å². The Bertz CT molecular complexity index is 933. The maximum Gasteiger partial charge on any atom is 0.408 e. The van der Waals surface area contributed by atoms with Crippen LogP contribution in [0.2, 0.25) is 0 Å². The number of rotatable bonds is 6. The molecule has 1 atom stereocenters. The summed E-state index contributed by atoms with van der Waals surface area (Å²) in [6.07, 6.45) is -0.689. The van der Waals surface area contributed by atoms with E-state index in [0.717, 1.165) is 11.1 Å². The summed E-state index contributed by atoms with van der Waals surface area (Å²) in [5.74, 6) is -0.761. The summed E-state index contributed by atoms with van der Waals surface area (Å²) in [7, 11) is 1.54. The lowest BCUT2D eigenvalue weighted by atomic mass is 10.0. The fraction of sp³-hybridized carbons (Fsp3) is 0.375. The summed E-state index contributed by atoms with van der Waals surface area (Å²) in [4.78, 5) is 39.2. The third-order valence-electron chi connectivity index (χ3n) is 4.61. The number of nitrogens with zero attached hydrogens (tertiary/aromatic N) is 1. The molecule has 0 saturated heterocycles. The van der Waals surface area contributed by atoms with E-state index in [1.165, 1.54) is 4.90 Å². The minimum atomic E-state index is -0.867. The molecule has 2 aromatic carbocycles. The van der Waals surface area contributed by atoms with Crippen LogP contribution in [-0.4, -0.2) is 42.0 Å². The maximum atomic E-state index is 13.2. The highest BCUT2D eigenvalue weighted by atomic mass is 16.6. The van der Waals surface area contributed by atoms with Gasteiger partial charge in [-0.3, -0.25) is 9.59 Å². The van der Waals surface area contributed by atoms with Crippen molar-refractivity contribution in [1.29, 1.82) is 0 Å². The zero-order valence-corrected chi connectivity index (χ0v) is 19.0. The number of ether oxygens (including phenoxy) is 1. The van der Waals surface area contributed by atoms with Crippen molar-refractivity contribution < 1.29 is 19.1 Å². The van der Waals surface area contributed by atoms with Crippen molar-refractivity contribution in [2.24, 2.45) is 0 Å². The number of anilines is 1. The number of para-hydroxylation sites is 1. The van der Waals surface area contributed by atoms with Crippen molar-refractivity contribution in [3.8, 4) is 0 Å². The summed E-state index contributed by atoms with van der Waals surface area (Å²) >= 11 is 0. The number of hydrogen-bond donors (Lipinski definition) is 2. The molecule has 166 valence electrons. The first kappa shape index (κ1) is 23.9. The van der Waals surface area contributed by atoms with Gasteiger partial charge in [0.05, 0.1) is 0 Å². The second-order valence-electron chi connectivity index (χ2n) is 8.48. The van der Waals surface area contributed by atoms with Crippen LogP contribution in [0.25, 0.3) is 0 Å². The van der Waals surface area contributed by atoms with Gasteiger partial charge in [-0.2, -0.15) is 0 Å². The van der Waals surface area contributed by atoms with Gasteiger partial charge in [0.25, 0.3) is 5.91 Å². The standard InChI is InChI=1S/C24H31N3O4/c1-16-11-13-18(14-12-16)21(22(29)26-19-10-8-7-9-17(19)2)27(6)20(28)15-25-23(30)31-24(3,4)5/h7-14,21H,15H2,1-6H3,(H,25,30)(H,26,29). The third-order valence-corrected chi connectivity index (χ3v) is 4.61. The van der Waals surface area contributed by atoms with Gasteiger partial charge in [-0.05, 0) is 51.8 Å². The van der Waals surface area contributed by atoms with Crippen LogP contribution in [0, 0.1) is 13.8 Å². The van der Waals surface area contributed by atoms with E-state index in [4.69, 9.17) is 4.74 Å². The molecule has 1 unspecified atom stereocenters. The molecule has 0 saturated carbocycles. The van der Waals surface area contributed by atoms with Gasteiger partial charge < -0.3 is 20.3 Å². The summed E-state index contributed by atoms with van der Waals surface area (Å²) < 4.78 is 5.17. The van der Waals surface area contributed by atoms with Crippen molar-refractivity contribution in [1.82, 2.24) is 10.2 Å². The second kappa shape index (κ2) is 10.1. The van der Waals surface area contributed by atoms with Gasteiger partial charge in [-0.1, -0.05) is 48.0 Å². The molecule has 0 fully saturated rings. The molecular weight excluding hydrogens is 394 g/mol. The number of hydrogen-bond acceptors (Lipinski definition) is 4. The highest BCUT2D eigenvalue weighted by Crippen LogP contribution is 2.23. The van der Waals surface area contributed by atoms with Crippen LogP contribution in [0.3, 0.4) is 0 Å². The lowest BCUT2D eigenvalue weighted by Crippen LogP contribution is -2.44. The maximum absolute atomic E-state index is 13.2. The molecule has 7 heteroatoms. The highest BCUT2D eigenvalue weighted by Gasteiger charge is 2.29. The van der Waals surface area contributed by atoms with Crippen LogP contribution in [0.15, 0.2) is 48.5 Å². The van der Waals surface area contributed by atoms with Crippen LogP contribution in [-0.2, 0) is 14.3 Å². The summed E-state index contributed by atoms with van der Waals surface area (Å²) in [6.45, 7) is 8.78. The van der Waals surface area contributed by atoms with Crippen LogP contribution < -0.4 is 10.6 Å². The van der Waals surface area contributed by atoms with Crippen molar-refractivity contribution in [3.63, 3.8) is 0 Å². The molecule has 0 aliphatic rings. The molecule has 0 aliphatic carbocycles. The Kier molecular flexibility index (Phi) is 7.80. The number of carbonyl (C=O) groups excluding carboxylic acids is 3. The van der Waals surface area contributed by atoms with Crippen LogP contribution in [0.1, 0.15) is 43.5 Å². The number of carbonyl (C=O) groups is 3. The second-order valence-corrected chi connectivity index (χ2v) is 8.48. The Balaban J connectivity index is 2.20. The van der Waals surface area contributed by atoms with Gasteiger partial charge in [0, 0.05) is 12.7 Å². The Hall–Kier alpha value is -3.35. The normalized spacial score (nSPS) is 11.9. The summed E-state index contributed by atoms with van der Waals surface area (Å²) in [5.41, 5.74) is 2.64. The predicted octanol–water partition coefficient (Wildman–Crippen LogP) is 3.97. The number of aryl methyl sites for hydroxylation is 2. The molecular formula is C24H31N3O4. The Morgan fingerprint density at radius 3 is 2.19 bits per heavy atom. The number of alkyl carbamates (subject to hydrolysis) is 1. The van der Waals surface area contributed by atoms with Gasteiger partial charge in [-0.25, -0.2) is 4.79 Å². The van der Waals surface area contributed by atoms with E-state index in [2.05, 4.69) is 10.6 Å². The molecule has 2 rings (SSSR count). The minimum Gasteiger partial charge on any atom is -0.444 e. The average molecular weight is 426 g/mol. The molecule has 0 spiro atoms. The van der Waals surface area contributed by atoms with Gasteiger partial charge in [0.2, 0.25) is 5.91 Å². The molecule has 7 nitrogen and oxygen atoms in total. The van der Waals surface area contributed by atoms with Crippen molar-refractivity contribution in [2.45, 2.75) is 46.3 Å². The first-order chi connectivity index (χ1) is 14.5. The SMILES string of the molecule is Cc1ccc(C(C(=O)Nc2ccccc2C)N(C)C(=O)CNC(=O)OC(C)(C)C)cc1. The number of nitrogens with one attached hydrogen (secondary N) is 2. The lowest BCUT2D eigenvalue weighted by Gasteiger charge is -2.28. The van der Waals surface area contributed by atoms with E-state index in [9.17, 15) is 14.4 Å². The van der Waals surface area contributed by atoms with E-state index in [-0.39, 0.29) is 12.5 Å². The zero-order valence-electron chi connectivity index (χ0n) is 19.0. The predicted molar refractivity (Wildman–Crippen MR) is 121 cm³/mol. The van der Waals surface area contributed by atoms with Gasteiger partial charge >= 0.3 is 6.09 Å². The summed E-state index contributed by atoms with van der Waals surface area (Å²) in [5, 5.41) is 5.36. The first-order valence-corrected chi connectivity index (χ1v) is 10.1. The van der Waals surface area contributed by atoms with Crippen LogP contribution in [0.4, 0.5) is 10.5 Å². The molecule has 0 heterocycles. The molecule has 3 amide bonds. The zero-order chi connectivity index (χ0) is 23.2. The summed E-state index contributed by atoms with van der Waals surface area (Å²) in [6, 6.07) is 14.0. The van der Waals surface area contributed by atoms with Gasteiger partial charge in [-0.15, -0.1) is 0 Å². The monoisotopic (exact) mass is 425 g/mol. The third kappa shape index (κ3) is 7.13. The van der Waals surface area contributed by atoms with Gasteiger partial charge in [0.15, 0.2) is 0 Å². The van der Waals surface area contributed by atoms with Crippen molar-refractivity contribution in [3.05, 3.63) is 65.2 Å². The Morgan fingerprint density at radius 2 is 1.61 bits per heavy atom. The number of likely N-dealkylation sites (N-methyl/N-ethyl adjacent to an activating group) is 1. The van der Waals surface area contributed by atoms with Crippen molar-refractivity contribution >= 4 is 23.6 Å². The average Bonchev–Trinajstić information content (AvgIpc) is 2.68. The number of amides is 3. The van der Waals surface area contributed by atoms with E-state index in [0.29, 0.717) is 11.3 Å². The molecule has 2 N–H and O–H groups in total. The van der Waals surface area contributed by atoms with E-state index < -0.39 is 23.6 Å². The Morgan fingerprint density at radius 1 is 1.00 bits per heavy atom. The molecule has 0 aliphatic heterocycles. The Labute approximate surface area is 183 Å². The van der Waals surface area contributed by atoms with Gasteiger partial charge in [0.1, 0.15) is 18.2 Å². The fourth-order valence-corrected chi connectivity index (χ4v) is 2.94. The molecule has 0 bridgehead atoms. The molecule has 31 heavy (non-hydrogen) atoms. The molecule has 0 radical (unpaired) electrons. The largest absolute Gasteiger partial charge is 0.444 e. The lowest BCUT2D eigenvalue weighted by molar-refractivity contribution is -0.136. The molecule has 2 aromatic rings. The fourth-order valence-electron chi connectivity index (χ4n) is 2.94. The number of benzene rings is 2. The van der Waals surface area contributed by atoms with Crippen LogP contribution in [0.5, 0.6) is 0 Å². The van der Waals surface area contributed by atoms with Crippen LogP contribution >= 0.6 is 0 Å². The van der Waals surface area contributed by atoms with Crippen molar-refractivity contribution in [2.75, 3.05) is 18.9 Å². The minimum absolute atomic E-state index is 0.286. The highest BCUT2D eigenvalue weighted by molar-refractivity contribution is 5.98. The topological polar surface area (TPSA) is 87.7 Å². The van der Waals surface area contributed by atoms with E-state index in [1.807, 2.05) is 62.4 Å². The smallest absolute Gasteiger partial charge is 0.408 e. The first-order valence-electron chi connectivity index (χ1n) is 10.1.